The number of hydrogen-bond donors (Lipinski definition) is 0. The lowest BCUT2D eigenvalue weighted by Gasteiger charge is -2.17. The van der Waals surface area contributed by atoms with Crippen LogP contribution in [-0.2, 0) is 4.74 Å². The molecule has 0 aromatic rings. The highest BCUT2D eigenvalue weighted by Gasteiger charge is 2.27. The Morgan fingerprint density at radius 1 is 1.73 bits per heavy atom. The molecule has 0 aromatic carbocycles. The van der Waals surface area contributed by atoms with E-state index in [1.165, 1.54) is 0 Å². The first kappa shape index (κ1) is 8.58. The number of ether oxygens (including phenoxy) is 1. The summed E-state index contributed by atoms with van der Waals surface area (Å²) in [5.41, 5.74) is 0. The van der Waals surface area contributed by atoms with Crippen LogP contribution >= 0.6 is 0 Å². The van der Waals surface area contributed by atoms with Gasteiger partial charge in [0.1, 0.15) is 0 Å². The number of terminal acetylenes is 1. The van der Waals surface area contributed by atoms with Gasteiger partial charge in [0, 0.05) is 25.6 Å². The minimum Gasteiger partial charge on any atom is -0.383 e. The van der Waals surface area contributed by atoms with E-state index in [1.807, 2.05) is 0 Å². The summed E-state index contributed by atoms with van der Waals surface area (Å²) in [5.74, 6) is 3.22. The molecule has 0 bridgehead atoms. The fraction of sp³-hybridized carbons (Fsp3) is 0.778. The smallest absolute Gasteiger partial charge is 0.0618 e. The maximum atomic E-state index is 5.34. The zero-order valence-electron chi connectivity index (χ0n) is 7.21. The van der Waals surface area contributed by atoms with Gasteiger partial charge in [-0.05, 0) is 13.5 Å². The summed E-state index contributed by atoms with van der Waals surface area (Å²) >= 11 is 0. The molecule has 62 valence electrons. The van der Waals surface area contributed by atoms with Crippen LogP contribution in [0.3, 0.4) is 0 Å². The Morgan fingerprint density at radius 3 is 2.91 bits per heavy atom. The second-order valence-corrected chi connectivity index (χ2v) is 3.15. The Bertz CT molecular complexity index is 161. The summed E-state index contributed by atoms with van der Waals surface area (Å²) in [6, 6.07) is 0.529. The van der Waals surface area contributed by atoms with Crippen molar-refractivity contribution in [2.24, 2.45) is 5.92 Å². The van der Waals surface area contributed by atoms with Crippen molar-refractivity contribution in [2.75, 3.05) is 27.3 Å². The highest BCUT2D eigenvalue weighted by molar-refractivity contribution is 5.00. The van der Waals surface area contributed by atoms with E-state index in [-0.39, 0.29) is 0 Å². The molecule has 1 heterocycles. The van der Waals surface area contributed by atoms with Crippen molar-refractivity contribution >= 4 is 0 Å². The van der Waals surface area contributed by atoms with Crippen molar-refractivity contribution in [3.8, 4) is 12.3 Å². The average Bonchev–Trinajstić information content (AvgIpc) is 2.33. The van der Waals surface area contributed by atoms with E-state index in [9.17, 15) is 0 Å². The third-order valence-electron chi connectivity index (χ3n) is 2.28. The largest absolute Gasteiger partial charge is 0.383 e. The molecule has 1 aliphatic rings. The van der Waals surface area contributed by atoms with Crippen molar-refractivity contribution in [3.63, 3.8) is 0 Å². The highest BCUT2D eigenvalue weighted by atomic mass is 16.5. The third-order valence-corrected chi connectivity index (χ3v) is 2.28. The number of methoxy groups -OCH3 is 1. The lowest BCUT2D eigenvalue weighted by molar-refractivity contribution is 0.129. The SMILES string of the molecule is C#C[C@H]1C[C@@H](COC)N(C)C1. The van der Waals surface area contributed by atoms with E-state index in [1.54, 1.807) is 7.11 Å². The average molecular weight is 153 g/mol. The van der Waals surface area contributed by atoms with Crippen molar-refractivity contribution in [1.29, 1.82) is 0 Å². The minimum atomic E-state index is 0.431. The van der Waals surface area contributed by atoms with Gasteiger partial charge < -0.3 is 4.74 Å². The van der Waals surface area contributed by atoms with Gasteiger partial charge in [0.2, 0.25) is 0 Å². The Labute approximate surface area is 68.5 Å². The summed E-state index contributed by atoms with van der Waals surface area (Å²) in [6.07, 6.45) is 6.42. The van der Waals surface area contributed by atoms with E-state index >= 15 is 0 Å². The molecule has 0 amide bonds. The predicted molar refractivity (Wildman–Crippen MR) is 45.2 cm³/mol. The Hall–Kier alpha value is -0.520. The predicted octanol–water partition coefficient (Wildman–Crippen LogP) is 0.586. The van der Waals surface area contributed by atoms with Crippen LogP contribution in [0.4, 0.5) is 0 Å². The molecule has 2 atom stereocenters. The van der Waals surface area contributed by atoms with Gasteiger partial charge in [-0.15, -0.1) is 12.3 Å². The molecule has 1 saturated heterocycles. The summed E-state index contributed by atoms with van der Waals surface area (Å²) in [4.78, 5) is 2.27. The van der Waals surface area contributed by atoms with E-state index in [2.05, 4.69) is 17.9 Å². The molecule has 0 saturated carbocycles. The molecule has 0 N–H and O–H groups in total. The fourth-order valence-electron chi connectivity index (χ4n) is 1.59. The van der Waals surface area contributed by atoms with Crippen LogP contribution < -0.4 is 0 Å². The van der Waals surface area contributed by atoms with Gasteiger partial charge in [0.15, 0.2) is 0 Å². The van der Waals surface area contributed by atoms with E-state index < -0.39 is 0 Å². The van der Waals surface area contributed by atoms with Crippen LogP contribution in [0, 0.1) is 18.3 Å². The number of likely N-dealkylation sites (tertiary alicyclic amines) is 1. The molecule has 1 fully saturated rings. The van der Waals surface area contributed by atoms with E-state index in [0.29, 0.717) is 12.0 Å². The second-order valence-electron chi connectivity index (χ2n) is 3.15. The molecular weight excluding hydrogens is 138 g/mol. The fourth-order valence-corrected chi connectivity index (χ4v) is 1.59. The molecule has 0 radical (unpaired) electrons. The van der Waals surface area contributed by atoms with Crippen molar-refractivity contribution in [1.82, 2.24) is 4.90 Å². The van der Waals surface area contributed by atoms with Gasteiger partial charge in [0.25, 0.3) is 0 Å². The Balaban J connectivity index is 2.40. The quantitative estimate of drug-likeness (QED) is 0.538. The molecule has 2 heteroatoms. The number of likely N-dealkylation sites (N-methyl/N-ethyl adjacent to an activating group) is 1. The first-order valence-electron chi connectivity index (χ1n) is 3.93. The molecular formula is C9H15NO. The van der Waals surface area contributed by atoms with Gasteiger partial charge in [-0.1, -0.05) is 0 Å². The number of rotatable bonds is 2. The molecule has 1 rings (SSSR count). The molecule has 0 aromatic heterocycles. The zero-order valence-corrected chi connectivity index (χ0v) is 7.21. The van der Waals surface area contributed by atoms with Gasteiger partial charge in [0.05, 0.1) is 6.61 Å². The monoisotopic (exact) mass is 153 g/mol. The van der Waals surface area contributed by atoms with Crippen LogP contribution in [-0.4, -0.2) is 38.3 Å². The topological polar surface area (TPSA) is 12.5 Å². The van der Waals surface area contributed by atoms with E-state index in [4.69, 9.17) is 11.2 Å². The molecule has 1 aliphatic heterocycles. The standard InChI is InChI=1S/C9H15NO/c1-4-8-5-9(7-11-3)10(2)6-8/h1,8-9H,5-7H2,2-3H3/t8-,9-/m0/s1. The van der Waals surface area contributed by atoms with Crippen molar-refractivity contribution < 1.29 is 4.74 Å². The molecule has 0 spiro atoms. The van der Waals surface area contributed by atoms with Crippen LogP contribution in [0.1, 0.15) is 6.42 Å². The second kappa shape index (κ2) is 3.75. The molecule has 0 aliphatic carbocycles. The van der Waals surface area contributed by atoms with Crippen molar-refractivity contribution in [3.05, 3.63) is 0 Å². The summed E-state index contributed by atoms with van der Waals surface area (Å²) in [5, 5.41) is 0. The van der Waals surface area contributed by atoms with Gasteiger partial charge in [-0.3, -0.25) is 4.90 Å². The number of hydrogen-bond acceptors (Lipinski definition) is 2. The summed E-state index contributed by atoms with van der Waals surface area (Å²) in [7, 11) is 3.83. The van der Waals surface area contributed by atoms with Gasteiger partial charge in [-0.2, -0.15) is 0 Å². The Morgan fingerprint density at radius 2 is 2.45 bits per heavy atom. The Kier molecular flexibility index (Phi) is 2.92. The van der Waals surface area contributed by atoms with Crippen LogP contribution in [0.25, 0.3) is 0 Å². The first-order chi connectivity index (χ1) is 5.27. The maximum absolute atomic E-state index is 5.34. The van der Waals surface area contributed by atoms with Crippen LogP contribution in [0.2, 0.25) is 0 Å². The number of nitrogens with zero attached hydrogens (tertiary/aromatic N) is 1. The van der Waals surface area contributed by atoms with Crippen molar-refractivity contribution in [2.45, 2.75) is 12.5 Å². The highest BCUT2D eigenvalue weighted by Crippen LogP contribution is 2.20. The minimum absolute atomic E-state index is 0.431. The summed E-state index contributed by atoms with van der Waals surface area (Å²) < 4.78 is 5.08. The lowest BCUT2D eigenvalue weighted by Crippen LogP contribution is -2.28. The normalized spacial score (nSPS) is 32.1. The molecule has 0 unspecified atom stereocenters. The first-order valence-corrected chi connectivity index (χ1v) is 3.93. The van der Waals surface area contributed by atoms with E-state index in [0.717, 1.165) is 19.6 Å². The molecule has 11 heavy (non-hydrogen) atoms. The third kappa shape index (κ3) is 1.95. The van der Waals surface area contributed by atoms with Crippen LogP contribution in [0.5, 0.6) is 0 Å². The van der Waals surface area contributed by atoms with Crippen LogP contribution in [0.15, 0.2) is 0 Å². The van der Waals surface area contributed by atoms with Gasteiger partial charge >= 0.3 is 0 Å². The lowest BCUT2D eigenvalue weighted by atomic mass is 10.1. The maximum Gasteiger partial charge on any atom is 0.0618 e. The van der Waals surface area contributed by atoms with Gasteiger partial charge in [-0.25, -0.2) is 0 Å². The molecule has 2 nitrogen and oxygen atoms in total. The zero-order chi connectivity index (χ0) is 8.27. The summed E-state index contributed by atoms with van der Waals surface area (Å²) in [6.45, 7) is 1.82.